The van der Waals surface area contributed by atoms with Crippen LogP contribution in [0.25, 0.3) is 0 Å². The predicted octanol–water partition coefficient (Wildman–Crippen LogP) is 4.45. The lowest BCUT2D eigenvalue weighted by Crippen LogP contribution is -2.59. The van der Waals surface area contributed by atoms with Gasteiger partial charge in [-0.1, -0.05) is 93.1 Å². The van der Waals surface area contributed by atoms with Crippen LogP contribution in [0, 0.1) is 5.92 Å². The third-order valence-corrected chi connectivity index (χ3v) is 7.35. The Morgan fingerprint density at radius 2 is 1.26 bits per heavy atom. The molecule has 10 nitrogen and oxygen atoms in total. The third-order valence-electron chi connectivity index (χ3n) is 7.35. The summed E-state index contributed by atoms with van der Waals surface area (Å²) in [5, 5.41) is 8.20. The largest absolute Gasteiger partial charge is 0.489 e. The van der Waals surface area contributed by atoms with Crippen LogP contribution >= 0.6 is 0 Å². The molecule has 4 amide bonds. The molecule has 3 aromatic rings. The van der Waals surface area contributed by atoms with Crippen molar-refractivity contribution in [1.29, 1.82) is 0 Å². The first-order valence-corrected chi connectivity index (χ1v) is 15.5. The standard InChI is InChI=1S/C36H46N4O6/c1-6-24(2)31(34(43)38-29(32(37)41)21-25-13-9-7-10-14-25)40-33(42)30(39-35(44)46-36(3,4)5)22-26-17-19-28(20-18-26)45-23-27-15-11-8-12-16-27/h7-20,24,29-31H,6,21-23H2,1-5H3,(H2,37,41)(H,38,43)(H,39,44)(H,40,42)/t24-,29+,30-,31-/m1/s1. The molecule has 0 spiro atoms. The zero-order chi connectivity index (χ0) is 33.7. The lowest BCUT2D eigenvalue weighted by atomic mass is 9.96. The van der Waals surface area contributed by atoms with Crippen molar-refractivity contribution in [1.82, 2.24) is 16.0 Å². The van der Waals surface area contributed by atoms with Crippen LogP contribution in [-0.2, 0) is 38.6 Å². The first-order chi connectivity index (χ1) is 21.8. The van der Waals surface area contributed by atoms with Gasteiger partial charge >= 0.3 is 6.09 Å². The van der Waals surface area contributed by atoms with E-state index in [1.807, 2.05) is 86.6 Å². The average Bonchev–Trinajstić information content (AvgIpc) is 3.02. The quantitative estimate of drug-likeness (QED) is 0.195. The van der Waals surface area contributed by atoms with Gasteiger partial charge in [-0.25, -0.2) is 4.79 Å². The molecule has 0 aliphatic rings. The maximum absolute atomic E-state index is 13.7. The van der Waals surface area contributed by atoms with Crippen LogP contribution in [0.1, 0.15) is 57.7 Å². The van der Waals surface area contributed by atoms with Crippen molar-refractivity contribution < 1.29 is 28.7 Å². The number of carbonyl (C=O) groups is 4. The maximum atomic E-state index is 13.7. The van der Waals surface area contributed by atoms with Crippen molar-refractivity contribution in [3.05, 3.63) is 102 Å². The number of benzene rings is 3. The van der Waals surface area contributed by atoms with Crippen molar-refractivity contribution in [3.8, 4) is 5.75 Å². The first-order valence-electron chi connectivity index (χ1n) is 15.5. The Morgan fingerprint density at radius 1 is 0.717 bits per heavy atom. The van der Waals surface area contributed by atoms with Gasteiger partial charge in [0, 0.05) is 12.8 Å². The summed E-state index contributed by atoms with van der Waals surface area (Å²) in [7, 11) is 0. The molecule has 0 radical (unpaired) electrons. The molecule has 0 saturated carbocycles. The van der Waals surface area contributed by atoms with Crippen molar-refractivity contribution in [2.45, 2.75) is 84.2 Å². The van der Waals surface area contributed by atoms with Crippen LogP contribution in [0.5, 0.6) is 5.75 Å². The van der Waals surface area contributed by atoms with Gasteiger partial charge in [0.2, 0.25) is 17.7 Å². The molecule has 0 fully saturated rings. The van der Waals surface area contributed by atoms with Crippen LogP contribution in [0.2, 0.25) is 0 Å². The number of rotatable bonds is 15. The SMILES string of the molecule is CC[C@@H](C)[C@@H](NC(=O)[C@@H](Cc1ccc(OCc2ccccc2)cc1)NC(=O)OC(C)(C)C)C(=O)N[C@@H](Cc1ccccc1)C(N)=O. The topological polar surface area (TPSA) is 149 Å². The maximum Gasteiger partial charge on any atom is 0.408 e. The fourth-order valence-electron chi connectivity index (χ4n) is 4.65. The van der Waals surface area contributed by atoms with Crippen molar-refractivity contribution >= 4 is 23.8 Å². The van der Waals surface area contributed by atoms with Gasteiger partial charge in [0.1, 0.15) is 36.1 Å². The Hall–Kier alpha value is -4.86. The molecule has 0 bridgehead atoms. The highest BCUT2D eigenvalue weighted by atomic mass is 16.6. The van der Waals surface area contributed by atoms with E-state index in [-0.39, 0.29) is 18.8 Å². The monoisotopic (exact) mass is 630 g/mol. The van der Waals surface area contributed by atoms with Crippen molar-refractivity contribution in [2.75, 3.05) is 0 Å². The molecule has 0 aliphatic heterocycles. The van der Waals surface area contributed by atoms with Crippen molar-refractivity contribution in [3.63, 3.8) is 0 Å². The Kier molecular flexibility index (Phi) is 13.2. The van der Waals surface area contributed by atoms with Crippen LogP contribution in [0.4, 0.5) is 4.79 Å². The second-order valence-corrected chi connectivity index (χ2v) is 12.3. The average molecular weight is 631 g/mol. The van der Waals surface area contributed by atoms with E-state index in [0.29, 0.717) is 18.8 Å². The molecule has 46 heavy (non-hydrogen) atoms. The number of primary amides is 1. The highest BCUT2D eigenvalue weighted by molar-refractivity contribution is 5.94. The van der Waals surface area contributed by atoms with E-state index in [0.717, 1.165) is 16.7 Å². The molecule has 10 heteroatoms. The minimum Gasteiger partial charge on any atom is -0.489 e. The fraction of sp³-hybridized carbons (Fsp3) is 0.389. The number of hydrogen-bond acceptors (Lipinski definition) is 6. The lowest BCUT2D eigenvalue weighted by Gasteiger charge is -2.28. The van der Waals surface area contributed by atoms with Crippen LogP contribution in [0.15, 0.2) is 84.9 Å². The van der Waals surface area contributed by atoms with E-state index < -0.39 is 47.5 Å². The molecule has 4 atom stereocenters. The van der Waals surface area contributed by atoms with E-state index >= 15 is 0 Å². The summed E-state index contributed by atoms with van der Waals surface area (Å²) in [6, 6.07) is 23.2. The number of nitrogens with two attached hydrogens (primary N) is 1. The lowest BCUT2D eigenvalue weighted by molar-refractivity contribution is -0.133. The van der Waals surface area contributed by atoms with E-state index in [2.05, 4.69) is 16.0 Å². The molecule has 0 aromatic heterocycles. The van der Waals surface area contributed by atoms with E-state index in [9.17, 15) is 19.2 Å². The van der Waals surface area contributed by atoms with Gasteiger partial charge in [-0.3, -0.25) is 14.4 Å². The summed E-state index contributed by atoms with van der Waals surface area (Å²) in [6.45, 7) is 9.31. The highest BCUT2D eigenvalue weighted by Gasteiger charge is 2.32. The number of amides is 4. The van der Waals surface area contributed by atoms with Crippen LogP contribution in [0.3, 0.4) is 0 Å². The van der Waals surface area contributed by atoms with Crippen LogP contribution < -0.4 is 26.4 Å². The predicted molar refractivity (Wildman–Crippen MR) is 177 cm³/mol. The first kappa shape index (κ1) is 35.6. The van der Waals surface area contributed by atoms with Crippen molar-refractivity contribution in [2.24, 2.45) is 11.7 Å². The van der Waals surface area contributed by atoms with Gasteiger partial charge in [-0.2, -0.15) is 0 Å². The summed E-state index contributed by atoms with van der Waals surface area (Å²) < 4.78 is 11.3. The number of ether oxygens (including phenoxy) is 2. The molecule has 0 heterocycles. The number of carbonyl (C=O) groups excluding carboxylic acids is 4. The Morgan fingerprint density at radius 3 is 1.80 bits per heavy atom. The summed E-state index contributed by atoms with van der Waals surface area (Å²) >= 11 is 0. The molecule has 3 rings (SSSR count). The fourth-order valence-corrected chi connectivity index (χ4v) is 4.65. The molecule has 0 saturated heterocycles. The molecule has 5 N–H and O–H groups in total. The molecule has 246 valence electrons. The minimum absolute atomic E-state index is 0.122. The second-order valence-electron chi connectivity index (χ2n) is 12.3. The summed E-state index contributed by atoms with van der Waals surface area (Å²) in [4.78, 5) is 52.3. The van der Waals surface area contributed by atoms with Gasteiger partial charge in [0.15, 0.2) is 0 Å². The summed E-state index contributed by atoms with van der Waals surface area (Å²) in [6.07, 6.45) is 0.123. The Bertz CT molecular complexity index is 1420. The highest BCUT2D eigenvalue weighted by Crippen LogP contribution is 2.17. The van der Waals surface area contributed by atoms with E-state index in [1.54, 1.807) is 32.9 Å². The number of nitrogens with one attached hydrogen (secondary N) is 3. The molecular weight excluding hydrogens is 584 g/mol. The zero-order valence-corrected chi connectivity index (χ0v) is 27.2. The zero-order valence-electron chi connectivity index (χ0n) is 27.2. The van der Waals surface area contributed by atoms with E-state index in [1.165, 1.54) is 0 Å². The number of alkyl carbamates (subject to hydrolysis) is 1. The molecule has 0 aliphatic carbocycles. The smallest absolute Gasteiger partial charge is 0.408 e. The van der Waals surface area contributed by atoms with Gasteiger partial charge in [0.05, 0.1) is 0 Å². The second kappa shape index (κ2) is 17.0. The van der Waals surface area contributed by atoms with Gasteiger partial charge in [-0.15, -0.1) is 0 Å². The number of hydrogen-bond donors (Lipinski definition) is 4. The Balaban J connectivity index is 1.76. The minimum atomic E-state index is -1.07. The van der Waals surface area contributed by atoms with Gasteiger partial charge < -0.3 is 31.2 Å². The molecular formula is C36H46N4O6. The molecule has 0 unspecified atom stereocenters. The Labute approximate surface area is 271 Å². The molecule has 3 aromatic carbocycles. The van der Waals surface area contributed by atoms with Crippen LogP contribution in [-0.4, -0.2) is 47.5 Å². The van der Waals surface area contributed by atoms with E-state index in [4.69, 9.17) is 15.2 Å². The van der Waals surface area contributed by atoms with Gasteiger partial charge in [0.25, 0.3) is 0 Å². The summed E-state index contributed by atoms with van der Waals surface area (Å²) in [5.74, 6) is -1.45. The third kappa shape index (κ3) is 11.9. The van der Waals surface area contributed by atoms with Gasteiger partial charge in [-0.05, 0) is 55.5 Å². The normalized spacial score (nSPS) is 13.8. The summed E-state index contributed by atoms with van der Waals surface area (Å²) in [5.41, 5.74) is 7.46.